The van der Waals surface area contributed by atoms with Gasteiger partial charge in [-0.3, -0.25) is 9.59 Å². The van der Waals surface area contributed by atoms with Gasteiger partial charge < -0.3 is 14.8 Å². The van der Waals surface area contributed by atoms with Crippen LogP contribution >= 0.6 is 46.2 Å². The quantitative estimate of drug-likeness (QED) is 0.242. The molecule has 7 nitrogen and oxygen atoms in total. The van der Waals surface area contributed by atoms with E-state index < -0.39 is 0 Å². The van der Waals surface area contributed by atoms with Crippen LogP contribution in [-0.4, -0.2) is 47.1 Å². The molecule has 2 aromatic carbocycles. The van der Waals surface area contributed by atoms with Crippen LogP contribution in [0.5, 0.6) is 5.75 Å². The minimum absolute atomic E-state index is 0.103. The molecule has 0 saturated heterocycles. The monoisotopic (exact) mass is 505 g/mol. The lowest BCUT2D eigenvalue weighted by molar-refractivity contribution is -0.137. The Morgan fingerprint density at radius 2 is 1.62 bits per heavy atom. The molecule has 0 bridgehead atoms. The van der Waals surface area contributed by atoms with Crippen molar-refractivity contribution >= 4 is 84.2 Å². The van der Waals surface area contributed by atoms with Crippen LogP contribution in [0.25, 0.3) is 20.4 Å². The van der Waals surface area contributed by atoms with Crippen LogP contribution in [-0.2, 0) is 14.3 Å². The molecule has 166 valence electrons. The second-order valence-corrected chi connectivity index (χ2v) is 10.9. The number of thioether (sulfide) groups is 2. The fourth-order valence-electron chi connectivity index (χ4n) is 2.75. The number of hydrogen-bond acceptors (Lipinski definition) is 10. The van der Waals surface area contributed by atoms with Crippen molar-refractivity contribution in [2.24, 2.45) is 0 Å². The molecule has 0 unspecified atom stereocenters. The highest BCUT2D eigenvalue weighted by molar-refractivity contribution is 8.02. The van der Waals surface area contributed by atoms with E-state index in [4.69, 9.17) is 4.74 Å². The standard InChI is InChI=1S/C21H19N3O4S4/c1-3-28-13-5-7-15-17(9-13)32-20(24-15)29-10-18(25)22-12-4-6-14-16(8-12)31-21(23-14)30-11-19(26)27-2/h4-9H,3,10-11H2,1-2H3,(H,22,25). The van der Waals surface area contributed by atoms with Crippen LogP contribution in [0, 0.1) is 0 Å². The number of aromatic nitrogens is 2. The predicted molar refractivity (Wildman–Crippen MR) is 133 cm³/mol. The molecule has 0 radical (unpaired) electrons. The third kappa shape index (κ3) is 5.71. The van der Waals surface area contributed by atoms with Crippen LogP contribution < -0.4 is 10.1 Å². The molecule has 1 N–H and O–H groups in total. The molecule has 1 amide bonds. The molecule has 4 rings (SSSR count). The molecular formula is C21H19N3O4S4. The van der Waals surface area contributed by atoms with Gasteiger partial charge in [0.05, 0.1) is 45.7 Å². The average molecular weight is 506 g/mol. The summed E-state index contributed by atoms with van der Waals surface area (Å²) in [7, 11) is 1.36. The van der Waals surface area contributed by atoms with Crippen molar-refractivity contribution in [3.05, 3.63) is 36.4 Å². The molecule has 0 atom stereocenters. The van der Waals surface area contributed by atoms with Gasteiger partial charge in [0.15, 0.2) is 8.68 Å². The van der Waals surface area contributed by atoms with E-state index in [2.05, 4.69) is 20.0 Å². The molecule has 0 aliphatic rings. The Kier molecular flexibility index (Phi) is 7.51. The van der Waals surface area contributed by atoms with Gasteiger partial charge in [-0.2, -0.15) is 0 Å². The molecule has 0 aliphatic heterocycles. The number of fused-ring (bicyclic) bond motifs is 2. The van der Waals surface area contributed by atoms with Crippen molar-refractivity contribution in [1.29, 1.82) is 0 Å². The van der Waals surface area contributed by atoms with Crippen LogP contribution in [0.3, 0.4) is 0 Å². The zero-order chi connectivity index (χ0) is 22.5. The van der Waals surface area contributed by atoms with E-state index in [1.165, 1.54) is 42.0 Å². The van der Waals surface area contributed by atoms with Crippen LogP contribution in [0.4, 0.5) is 5.69 Å². The van der Waals surface area contributed by atoms with Crippen molar-refractivity contribution < 1.29 is 19.1 Å². The number of nitrogens with one attached hydrogen (secondary N) is 1. The molecule has 32 heavy (non-hydrogen) atoms. The Morgan fingerprint density at radius 1 is 0.969 bits per heavy atom. The van der Waals surface area contributed by atoms with E-state index in [0.29, 0.717) is 12.3 Å². The smallest absolute Gasteiger partial charge is 0.316 e. The number of rotatable bonds is 9. The summed E-state index contributed by atoms with van der Waals surface area (Å²) in [6.07, 6.45) is 0. The van der Waals surface area contributed by atoms with E-state index in [1.807, 2.05) is 43.3 Å². The highest BCUT2D eigenvalue weighted by atomic mass is 32.2. The molecule has 11 heteroatoms. The highest BCUT2D eigenvalue weighted by Crippen LogP contribution is 2.33. The Balaban J connectivity index is 1.35. The van der Waals surface area contributed by atoms with Gasteiger partial charge in [-0.25, -0.2) is 9.97 Å². The number of ether oxygens (including phenoxy) is 2. The van der Waals surface area contributed by atoms with Crippen LogP contribution in [0.1, 0.15) is 6.92 Å². The first-order chi connectivity index (χ1) is 15.5. The van der Waals surface area contributed by atoms with Crippen molar-refractivity contribution in [3.63, 3.8) is 0 Å². The number of methoxy groups -OCH3 is 1. The van der Waals surface area contributed by atoms with E-state index >= 15 is 0 Å². The number of carbonyl (C=O) groups is 2. The van der Waals surface area contributed by atoms with E-state index in [-0.39, 0.29) is 23.4 Å². The lowest BCUT2D eigenvalue weighted by atomic mass is 10.3. The average Bonchev–Trinajstić information content (AvgIpc) is 3.38. The maximum absolute atomic E-state index is 12.4. The zero-order valence-corrected chi connectivity index (χ0v) is 20.5. The summed E-state index contributed by atoms with van der Waals surface area (Å²) in [5, 5.41) is 2.93. The Hall–Kier alpha value is -2.34. The Bertz CT molecular complexity index is 1270. The summed E-state index contributed by atoms with van der Waals surface area (Å²) in [6, 6.07) is 11.4. The number of nitrogens with zero attached hydrogens (tertiary/aromatic N) is 2. The summed E-state index contributed by atoms with van der Waals surface area (Å²) in [4.78, 5) is 32.8. The number of amides is 1. The predicted octanol–water partition coefficient (Wildman–Crippen LogP) is 5.30. The molecule has 0 spiro atoms. The Morgan fingerprint density at radius 3 is 2.31 bits per heavy atom. The van der Waals surface area contributed by atoms with E-state index in [0.717, 1.165) is 34.9 Å². The fourth-order valence-corrected chi connectivity index (χ4v) is 6.59. The number of benzene rings is 2. The summed E-state index contributed by atoms with van der Waals surface area (Å²) in [6.45, 7) is 2.57. The van der Waals surface area contributed by atoms with E-state index in [1.54, 1.807) is 11.3 Å². The summed E-state index contributed by atoms with van der Waals surface area (Å²) in [5.74, 6) is 0.911. The molecule has 0 saturated carbocycles. The van der Waals surface area contributed by atoms with Gasteiger partial charge in [-0.15, -0.1) is 22.7 Å². The first-order valence-corrected chi connectivity index (χ1v) is 13.2. The summed E-state index contributed by atoms with van der Waals surface area (Å²) in [5.41, 5.74) is 2.44. The van der Waals surface area contributed by atoms with Gasteiger partial charge in [0.25, 0.3) is 0 Å². The number of anilines is 1. The summed E-state index contributed by atoms with van der Waals surface area (Å²) < 4.78 is 13.8. The molecule has 0 fully saturated rings. The van der Waals surface area contributed by atoms with Crippen molar-refractivity contribution in [2.75, 3.05) is 30.5 Å². The van der Waals surface area contributed by atoms with Crippen LogP contribution in [0.2, 0.25) is 0 Å². The second kappa shape index (κ2) is 10.5. The van der Waals surface area contributed by atoms with Gasteiger partial charge in [0.2, 0.25) is 5.91 Å². The minimum atomic E-state index is -0.289. The third-order valence-corrected chi connectivity index (χ3v) is 8.47. The van der Waals surface area contributed by atoms with Crippen molar-refractivity contribution in [2.45, 2.75) is 15.6 Å². The summed E-state index contributed by atoms with van der Waals surface area (Å²) >= 11 is 5.77. The molecule has 2 heterocycles. The lowest BCUT2D eigenvalue weighted by Crippen LogP contribution is -2.13. The second-order valence-electron chi connectivity index (χ2n) is 6.41. The zero-order valence-electron chi connectivity index (χ0n) is 17.2. The van der Waals surface area contributed by atoms with Gasteiger partial charge in [0, 0.05) is 5.69 Å². The fraction of sp³-hybridized carbons (Fsp3) is 0.238. The highest BCUT2D eigenvalue weighted by Gasteiger charge is 2.11. The maximum Gasteiger partial charge on any atom is 0.316 e. The van der Waals surface area contributed by atoms with Gasteiger partial charge in [0.1, 0.15) is 5.75 Å². The Labute approximate surface area is 200 Å². The van der Waals surface area contributed by atoms with Gasteiger partial charge >= 0.3 is 5.97 Å². The number of esters is 1. The first-order valence-electron chi connectivity index (χ1n) is 9.60. The van der Waals surface area contributed by atoms with E-state index in [9.17, 15) is 9.59 Å². The van der Waals surface area contributed by atoms with Crippen LogP contribution in [0.15, 0.2) is 45.1 Å². The number of carbonyl (C=O) groups excluding carboxylic acids is 2. The van der Waals surface area contributed by atoms with Gasteiger partial charge in [-0.1, -0.05) is 23.5 Å². The minimum Gasteiger partial charge on any atom is -0.494 e. The number of thiazole rings is 2. The third-order valence-electron chi connectivity index (χ3n) is 4.17. The lowest BCUT2D eigenvalue weighted by Gasteiger charge is -2.03. The molecule has 0 aliphatic carbocycles. The topological polar surface area (TPSA) is 90.4 Å². The SMILES string of the molecule is CCOc1ccc2nc(SCC(=O)Nc3ccc4nc(SCC(=O)OC)sc4c3)sc2c1. The number of hydrogen-bond donors (Lipinski definition) is 1. The van der Waals surface area contributed by atoms with Crippen molar-refractivity contribution in [1.82, 2.24) is 9.97 Å². The largest absolute Gasteiger partial charge is 0.494 e. The normalized spacial score (nSPS) is 11.1. The maximum atomic E-state index is 12.4. The van der Waals surface area contributed by atoms with Gasteiger partial charge in [-0.05, 0) is 43.3 Å². The molecule has 2 aromatic heterocycles. The molecule has 4 aromatic rings. The van der Waals surface area contributed by atoms with Crippen molar-refractivity contribution in [3.8, 4) is 5.75 Å². The first kappa shape index (κ1) is 22.8. The molecular weight excluding hydrogens is 487 g/mol.